The van der Waals surface area contributed by atoms with E-state index < -0.39 is 30.4 Å². The van der Waals surface area contributed by atoms with Crippen LogP contribution in [-0.2, 0) is 32.7 Å². The minimum atomic E-state index is -3.57. The maximum atomic E-state index is 13.3. The Bertz CT molecular complexity index is 509. The van der Waals surface area contributed by atoms with Gasteiger partial charge in [0.15, 0.2) is 0 Å². The zero-order valence-corrected chi connectivity index (χ0v) is 19.2. The molecule has 0 atom stereocenters. The third-order valence-electron chi connectivity index (χ3n) is 3.57. The van der Waals surface area contributed by atoms with Gasteiger partial charge in [-0.25, -0.2) is 0 Å². The van der Waals surface area contributed by atoms with E-state index in [9.17, 15) is 14.2 Å². The van der Waals surface area contributed by atoms with Crippen molar-refractivity contribution in [1.29, 1.82) is 0 Å². The lowest BCUT2D eigenvalue weighted by Crippen LogP contribution is -2.33. The second-order valence-electron chi connectivity index (χ2n) is 9.09. The summed E-state index contributed by atoms with van der Waals surface area (Å²) in [6, 6.07) is 0. The van der Waals surface area contributed by atoms with Crippen LogP contribution in [0.3, 0.4) is 0 Å². The Kier molecular flexibility index (Phi) is 9.70. The molecule has 0 aromatic rings. The maximum absolute atomic E-state index is 13.3. The zero-order valence-electron chi connectivity index (χ0n) is 18.3. The molecule has 0 fully saturated rings. The molecule has 0 aliphatic carbocycles. The van der Waals surface area contributed by atoms with Gasteiger partial charge in [-0.2, -0.15) is 0 Å². The highest BCUT2D eigenvalue weighted by molar-refractivity contribution is 7.53. The largest absolute Gasteiger partial charge is 0.466 e. The molecule has 0 aliphatic heterocycles. The van der Waals surface area contributed by atoms with E-state index in [0.717, 1.165) is 0 Å². The Hall–Kier alpha value is -0.910. The molecule has 0 aliphatic rings. The first-order valence-electron chi connectivity index (χ1n) is 9.31. The molecule has 27 heavy (non-hydrogen) atoms. The monoisotopic (exact) mass is 408 g/mol. The average Bonchev–Trinajstić information content (AvgIpc) is 2.50. The third-order valence-corrected chi connectivity index (χ3v) is 5.95. The molecule has 0 aromatic heterocycles. The van der Waals surface area contributed by atoms with Crippen LogP contribution in [0.4, 0.5) is 0 Å². The molecule has 0 heterocycles. The Morgan fingerprint density at radius 2 is 1.07 bits per heavy atom. The van der Waals surface area contributed by atoms with Crippen LogP contribution >= 0.6 is 7.60 Å². The Balaban J connectivity index is 5.25. The Morgan fingerprint density at radius 3 is 1.33 bits per heavy atom. The predicted molar refractivity (Wildman–Crippen MR) is 105 cm³/mol. The van der Waals surface area contributed by atoms with E-state index >= 15 is 0 Å². The van der Waals surface area contributed by atoms with E-state index in [1.165, 1.54) is 0 Å². The number of hydrogen-bond acceptors (Lipinski definition) is 7. The van der Waals surface area contributed by atoms with Gasteiger partial charge >= 0.3 is 19.5 Å². The van der Waals surface area contributed by atoms with Gasteiger partial charge in [-0.3, -0.25) is 14.2 Å². The van der Waals surface area contributed by atoms with Gasteiger partial charge in [-0.15, -0.1) is 0 Å². The number of carbonyl (C=O) groups excluding carboxylic acids is 2. The van der Waals surface area contributed by atoms with Gasteiger partial charge < -0.3 is 18.5 Å². The summed E-state index contributed by atoms with van der Waals surface area (Å²) >= 11 is 0. The molecular formula is C19H37O7P. The number of ether oxygens (including phenoxy) is 2. The highest BCUT2D eigenvalue weighted by atomic mass is 31.2. The fourth-order valence-corrected chi connectivity index (χ4v) is 4.46. The average molecular weight is 408 g/mol. The van der Waals surface area contributed by atoms with E-state index in [1.807, 2.05) is 20.8 Å². The van der Waals surface area contributed by atoms with Crippen LogP contribution in [0.15, 0.2) is 0 Å². The van der Waals surface area contributed by atoms with Gasteiger partial charge in [-0.1, -0.05) is 20.8 Å². The van der Waals surface area contributed by atoms with E-state index in [4.69, 9.17) is 18.5 Å². The van der Waals surface area contributed by atoms with Crippen molar-refractivity contribution in [3.05, 3.63) is 0 Å². The summed E-state index contributed by atoms with van der Waals surface area (Å²) in [6.07, 6.45) is 0.151. The first kappa shape index (κ1) is 26.1. The molecular weight excluding hydrogens is 371 g/mol. The lowest BCUT2D eigenvalue weighted by atomic mass is 9.95. The van der Waals surface area contributed by atoms with Gasteiger partial charge in [0.1, 0.15) is 0 Å². The number of hydrogen-bond donors (Lipinski definition) is 0. The molecule has 0 radical (unpaired) electrons. The molecule has 8 heteroatoms. The van der Waals surface area contributed by atoms with E-state index in [1.54, 1.807) is 41.5 Å². The molecule has 0 spiro atoms. The minimum absolute atomic E-state index is 0.112. The molecule has 0 N–H and O–H groups in total. The van der Waals surface area contributed by atoms with Crippen molar-refractivity contribution in [3.8, 4) is 0 Å². The van der Waals surface area contributed by atoms with Crippen molar-refractivity contribution in [2.45, 2.75) is 62.3 Å². The molecule has 0 aromatic carbocycles. The van der Waals surface area contributed by atoms with Crippen LogP contribution in [0.5, 0.6) is 0 Å². The number of carbonyl (C=O) groups is 2. The molecule has 7 nitrogen and oxygen atoms in total. The molecule has 0 unspecified atom stereocenters. The van der Waals surface area contributed by atoms with E-state index in [2.05, 4.69) is 0 Å². The van der Waals surface area contributed by atoms with Crippen LogP contribution in [0.2, 0.25) is 0 Å². The maximum Gasteiger partial charge on any atom is 0.331 e. The minimum Gasteiger partial charge on any atom is -0.466 e. The number of esters is 2. The number of rotatable bonds is 11. The van der Waals surface area contributed by atoms with Gasteiger partial charge in [0.2, 0.25) is 0 Å². The first-order valence-corrected chi connectivity index (χ1v) is 11.0. The third kappa shape index (κ3) is 9.72. The lowest BCUT2D eigenvalue weighted by Gasteiger charge is -2.31. The smallest absolute Gasteiger partial charge is 0.331 e. The first-order chi connectivity index (χ1) is 12.1. The molecule has 0 saturated carbocycles. The van der Waals surface area contributed by atoms with Crippen molar-refractivity contribution in [2.24, 2.45) is 16.2 Å². The second kappa shape index (κ2) is 10.0. The van der Waals surface area contributed by atoms with Gasteiger partial charge in [0.05, 0.1) is 43.4 Å². The summed E-state index contributed by atoms with van der Waals surface area (Å²) in [6.45, 7) is 16.1. The van der Waals surface area contributed by atoms with Crippen LogP contribution in [0, 0.1) is 16.2 Å². The highest BCUT2D eigenvalue weighted by Gasteiger charge is 2.39. The summed E-state index contributed by atoms with van der Waals surface area (Å²) in [5, 5.41) is 0. The van der Waals surface area contributed by atoms with Crippen LogP contribution in [0.1, 0.15) is 62.3 Å². The molecule has 0 bridgehead atoms. The van der Waals surface area contributed by atoms with Crippen molar-refractivity contribution in [3.63, 3.8) is 0 Å². The Morgan fingerprint density at radius 1 is 0.741 bits per heavy atom. The van der Waals surface area contributed by atoms with Crippen LogP contribution < -0.4 is 0 Å². The van der Waals surface area contributed by atoms with Crippen molar-refractivity contribution in [1.82, 2.24) is 0 Å². The lowest BCUT2D eigenvalue weighted by molar-refractivity contribution is -0.155. The fraction of sp³-hybridized carbons (Fsp3) is 0.895. The normalized spacial score (nSPS) is 13.4. The van der Waals surface area contributed by atoms with Gasteiger partial charge in [0, 0.05) is 0 Å². The summed E-state index contributed by atoms with van der Waals surface area (Å²) in [5.41, 5.74) is -2.27. The molecule has 0 rings (SSSR count). The summed E-state index contributed by atoms with van der Waals surface area (Å²) < 4.78 is 34.7. The van der Waals surface area contributed by atoms with Crippen molar-refractivity contribution >= 4 is 19.5 Å². The summed E-state index contributed by atoms with van der Waals surface area (Å²) in [7, 11) is -3.57. The van der Waals surface area contributed by atoms with E-state index in [-0.39, 0.29) is 38.0 Å². The molecule has 0 saturated heterocycles. The van der Waals surface area contributed by atoms with E-state index in [0.29, 0.717) is 0 Å². The molecule has 160 valence electrons. The predicted octanol–water partition coefficient (Wildman–Crippen LogP) is 4.44. The molecule has 0 amide bonds. The Labute approximate surface area is 164 Å². The highest BCUT2D eigenvalue weighted by Crippen LogP contribution is 2.54. The van der Waals surface area contributed by atoms with Crippen LogP contribution in [0.25, 0.3) is 0 Å². The van der Waals surface area contributed by atoms with Crippen molar-refractivity contribution in [2.75, 3.05) is 32.6 Å². The summed E-state index contributed by atoms with van der Waals surface area (Å²) in [5.74, 6) is -0.863. The standard InChI is InChI=1S/C19H37O7P/c1-10-23-15(20)18(6,7)12-25-27(22,14-17(3,4)5)26-13-19(8,9)16(21)24-11-2/h10-14H2,1-9H3. The zero-order chi connectivity index (χ0) is 21.5. The topological polar surface area (TPSA) is 88.1 Å². The second-order valence-corrected chi connectivity index (χ2v) is 11.1. The van der Waals surface area contributed by atoms with Crippen LogP contribution in [-0.4, -0.2) is 44.5 Å². The SMILES string of the molecule is CCOC(=O)C(C)(C)COP(=O)(CC(C)(C)C)OCC(C)(C)C(=O)OCC. The summed E-state index contributed by atoms with van der Waals surface area (Å²) in [4.78, 5) is 24.1. The fourth-order valence-electron chi connectivity index (χ4n) is 2.00. The van der Waals surface area contributed by atoms with Gasteiger partial charge in [0.25, 0.3) is 0 Å². The quantitative estimate of drug-likeness (QED) is 0.369. The van der Waals surface area contributed by atoms with Gasteiger partial charge in [-0.05, 0) is 47.0 Å². The van der Waals surface area contributed by atoms with Crippen molar-refractivity contribution < 1.29 is 32.7 Å².